The van der Waals surface area contributed by atoms with Crippen LogP contribution < -0.4 is 0 Å². The zero-order valence-corrected chi connectivity index (χ0v) is 8.23. The van der Waals surface area contributed by atoms with Crippen LogP contribution in [-0.2, 0) is 0 Å². The van der Waals surface area contributed by atoms with E-state index in [1.165, 1.54) is 38.8 Å². The van der Waals surface area contributed by atoms with Crippen molar-refractivity contribution in [2.24, 2.45) is 0 Å². The van der Waals surface area contributed by atoms with Gasteiger partial charge >= 0.3 is 0 Å². The number of alkyl halides is 1. The van der Waals surface area contributed by atoms with Crippen LogP contribution in [0.1, 0.15) is 32.6 Å². The average molecular weight is 206 g/mol. The van der Waals surface area contributed by atoms with Crippen molar-refractivity contribution >= 4 is 15.9 Å². The topological polar surface area (TPSA) is 3.24 Å². The first kappa shape index (κ1) is 8.54. The Balaban J connectivity index is 2.14. The summed E-state index contributed by atoms with van der Waals surface area (Å²) in [6, 6.07) is 0. The predicted octanol–water partition coefficient (Wildman–Crippen LogP) is 2.60. The van der Waals surface area contributed by atoms with E-state index in [4.69, 9.17) is 0 Å². The number of nitrogens with zero attached hydrogens (tertiary/aromatic N) is 1. The molecule has 0 radical (unpaired) electrons. The van der Waals surface area contributed by atoms with Gasteiger partial charge in [0.25, 0.3) is 0 Å². The molecule has 0 aliphatic carbocycles. The largest absolute Gasteiger partial charge is 0.291 e. The number of hydrogen-bond donors (Lipinski definition) is 0. The summed E-state index contributed by atoms with van der Waals surface area (Å²) in [6.07, 6.45) is 5.38. The SMILES string of the molecule is CCCCN1CCCC1Br. The van der Waals surface area contributed by atoms with Crippen LogP contribution in [-0.4, -0.2) is 22.9 Å². The van der Waals surface area contributed by atoms with Gasteiger partial charge in [-0.3, -0.25) is 4.90 Å². The molecular weight excluding hydrogens is 190 g/mol. The molecule has 1 saturated heterocycles. The first-order valence-electron chi connectivity index (χ1n) is 4.22. The van der Waals surface area contributed by atoms with Gasteiger partial charge in [0.2, 0.25) is 0 Å². The maximum absolute atomic E-state index is 3.66. The molecule has 0 bridgehead atoms. The van der Waals surface area contributed by atoms with E-state index in [1.807, 2.05) is 0 Å². The highest BCUT2D eigenvalue weighted by atomic mass is 79.9. The standard InChI is InChI=1S/C8H16BrN/c1-2-3-6-10-7-4-5-8(10)9/h8H,2-7H2,1H3. The van der Waals surface area contributed by atoms with Gasteiger partial charge in [0.05, 0.1) is 4.95 Å². The first-order chi connectivity index (χ1) is 4.84. The van der Waals surface area contributed by atoms with Crippen molar-refractivity contribution in [2.45, 2.75) is 37.6 Å². The van der Waals surface area contributed by atoms with Crippen molar-refractivity contribution in [1.29, 1.82) is 0 Å². The fraction of sp³-hybridized carbons (Fsp3) is 1.00. The number of likely N-dealkylation sites (tertiary alicyclic amines) is 1. The van der Waals surface area contributed by atoms with Crippen LogP contribution in [0, 0.1) is 0 Å². The van der Waals surface area contributed by atoms with E-state index in [2.05, 4.69) is 27.8 Å². The molecule has 1 atom stereocenters. The zero-order valence-electron chi connectivity index (χ0n) is 6.65. The average Bonchev–Trinajstić information content (AvgIpc) is 2.31. The lowest BCUT2D eigenvalue weighted by Gasteiger charge is -2.18. The Bertz CT molecular complexity index is 95.3. The van der Waals surface area contributed by atoms with Gasteiger partial charge in [-0.15, -0.1) is 0 Å². The van der Waals surface area contributed by atoms with Gasteiger partial charge in [-0.1, -0.05) is 29.3 Å². The van der Waals surface area contributed by atoms with Gasteiger partial charge in [-0.05, 0) is 32.4 Å². The van der Waals surface area contributed by atoms with Crippen LogP contribution in [0.5, 0.6) is 0 Å². The second kappa shape index (κ2) is 4.35. The summed E-state index contributed by atoms with van der Waals surface area (Å²) >= 11 is 3.66. The lowest BCUT2D eigenvalue weighted by Crippen LogP contribution is -2.25. The minimum Gasteiger partial charge on any atom is -0.291 e. The first-order valence-corrected chi connectivity index (χ1v) is 5.14. The molecule has 1 unspecified atom stereocenters. The Morgan fingerprint density at radius 2 is 2.40 bits per heavy atom. The summed E-state index contributed by atoms with van der Waals surface area (Å²) in [6.45, 7) is 4.83. The highest BCUT2D eigenvalue weighted by Crippen LogP contribution is 2.21. The van der Waals surface area contributed by atoms with Gasteiger partial charge in [0.1, 0.15) is 0 Å². The highest BCUT2D eigenvalue weighted by Gasteiger charge is 2.20. The molecule has 1 nitrogen and oxygen atoms in total. The molecule has 0 spiro atoms. The zero-order chi connectivity index (χ0) is 7.40. The van der Waals surface area contributed by atoms with Crippen molar-refractivity contribution < 1.29 is 0 Å². The third-order valence-corrected chi connectivity index (χ3v) is 3.12. The Labute approximate surface area is 71.9 Å². The maximum atomic E-state index is 3.66. The molecule has 0 N–H and O–H groups in total. The molecule has 0 aromatic carbocycles. The highest BCUT2D eigenvalue weighted by molar-refractivity contribution is 9.09. The van der Waals surface area contributed by atoms with Crippen LogP contribution >= 0.6 is 15.9 Å². The van der Waals surface area contributed by atoms with Crippen LogP contribution in [0.25, 0.3) is 0 Å². The normalized spacial score (nSPS) is 27.6. The minimum absolute atomic E-state index is 0.680. The van der Waals surface area contributed by atoms with E-state index < -0.39 is 0 Å². The molecule has 0 amide bonds. The summed E-state index contributed by atoms with van der Waals surface area (Å²) in [5.74, 6) is 0. The Morgan fingerprint density at radius 1 is 1.60 bits per heavy atom. The molecule has 0 aromatic rings. The summed E-state index contributed by atoms with van der Waals surface area (Å²) in [4.78, 5) is 3.21. The van der Waals surface area contributed by atoms with Crippen molar-refractivity contribution in [2.75, 3.05) is 13.1 Å². The summed E-state index contributed by atoms with van der Waals surface area (Å²) in [5.41, 5.74) is 0. The number of hydrogen-bond acceptors (Lipinski definition) is 1. The third-order valence-electron chi connectivity index (χ3n) is 2.08. The van der Waals surface area contributed by atoms with E-state index in [1.54, 1.807) is 0 Å². The van der Waals surface area contributed by atoms with Crippen molar-refractivity contribution in [1.82, 2.24) is 4.90 Å². The van der Waals surface area contributed by atoms with Crippen LogP contribution in [0.15, 0.2) is 0 Å². The van der Waals surface area contributed by atoms with E-state index in [9.17, 15) is 0 Å². The van der Waals surface area contributed by atoms with Gasteiger partial charge in [0, 0.05) is 0 Å². The molecular formula is C8H16BrN. The van der Waals surface area contributed by atoms with Crippen molar-refractivity contribution in [3.8, 4) is 0 Å². The Hall–Kier alpha value is 0.440. The van der Waals surface area contributed by atoms with E-state index in [-0.39, 0.29) is 0 Å². The van der Waals surface area contributed by atoms with E-state index in [0.29, 0.717) is 4.95 Å². The van der Waals surface area contributed by atoms with Crippen LogP contribution in [0.2, 0.25) is 0 Å². The number of rotatable bonds is 3. The van der Waals surface area contributed by atoms with Gasteiger partial charge in [-0.25, -0.2) is 0 Å². The summed E-state index contributed by atoms with van der Waals surface area (Å²) in [5, 5.41) is 0. The summed E-state index contributed by atoms with van der Waals surface area (Å²) < 4.78 is 0. The predicted molar refractivity (Wildman–Crippen MR) is 48.4 cm³/mol. The van der Waals surface area contributed by atoms with Crippen LogP contribution in [0.4, 0.5) is 0 Å². The lowest BCUT2D eigenvalue weighted by atomic mass is 10.3. The smallest absolute Gasteiger partial charge is 0.0656 e. The Morgan fingerprint density at radius 3 is 2.90 bits per heavy atom. The Kier molecular flexibility index (Phi) is 3.71. The molecule has 2 heteroatoms. The molecule has 60 valence electrons. The van der Waals surface area contributed by atoms with E-state index in [0.717, 1.165) is 0 Å². The molecule has 10 heavy (non-hydrogen) atoms. The lowest BCUT2D eigenvalue weighted by molar-refractivity contribution is 0.315. The van der Waals surface area contributed by atoms with E-state index >= 15 is 0 Å². The summed E-state index contributed by atoms with van der Waals surface area (Å²) in [7, 11) is 0. The molecule has 1 aliphatic heterocycles. The molecule has 0 aromatic heterocycles. The fourth-order valence-electron chi connectivity index (χ4n) is 1.40. The molecule has 1 heterocycles. The minimum atomic E-state index is 0.680. The molecule has 1 fully saturated rings. The van der Waals surface area contributed by atoms with Gasteiger partial charge < -0.3 is 0 Å². The quantitative estimate of drug-likeness (QED) is 0.506. The maximum Gasteiger partial charge on any atom is 0.0656 e. The third kappa shape index (κ3) is 2.24. The second-order valence-electron chi connectivity index (χ2n) is 2.97. The van der Waals surface area contributed by atoms with Gasteiger partial charge in [-0.2, -0.15) is 0 Å². The van der Waals surface area contributed by atoms with Crippen LogP contribution in [0.3, 0.4) is 0 Å². The number of halogens is 1. The van der Waals surface area contributed by atoms with Crippen molar-refractivity contribution in [3.05, 3.63) is 0 Å². The monoisotopic (exact) mass is 205 g/mol. The fourth-order valence-corrected chi connectivity index (χ4v) is 2.13. The number of unbranched alkanes of at least 4 members (excludes halogenated alkanes) is 1. The molecule has 1 rings (SSSR count). The second-order valence-corrected chi connectivity index (χ2v) is 4.02. The van der Waals surface area contributed by atoms with Crippen molar-refractivity contribution in [3.63, 3.8) is 0 Å². The molecule has 1 aliphatic rings. The van der Waals surface area contributed by atoms with Gasteiger partial charge in [0.15, 0.2) is 0 Å². The molecule has 0 saturated carbocycles.